The zero-order valence-corrected chi connectivity index (χ0v) is 13.6. The van der Waals surface area contributed by atoms with Crippen LogP contribution in [0.4, 0.5) is 0 Å². The van der Waals surface area contributed by atoms with Crippen LogP contribution in [0, 0.1) is 23.7 Å². The summed E-state index contributed by atoms with van der Waals surface area (Å²) >= 11 is 5.43. The van der Waals surface area contributed by atoms with E-state index < -0.39 is 6.49 Å². The first-order valence-electron chi connectivity index (χ1n) is 7.42. The van der Waals surface area contributed by atoms with Crippen molar-refractivity contribution in [1.82, 2.24) is 0 Å². The van der Waals surface area contributed by atoms with Gasteiger partial charge in [-0.3, -0.25) is 0 Å². The molecule has 2 fully saturated rings. The van der Waals surface area contributed by atoms with Gasteiger partial charge in [-0.15, -0.1) is 0 Å². The van der Waals surface area contributed by atoms with E-state index in [2.05, 4.69) is 20.8 Å². The quantitative estimate of drug-likeness (QED) is 0.716. The molecule has 0 aromatic heterocycles. The molecule has 0 N–H and O–H groups in total. The molecule has 0 radical (unpaired) electrons. The van der Waals surface area contributed by atoms with Crippen molar-refractivity contribution < 1.29 is 9.05 Å². The summed E-state index contributed by atoms with van der Waals surface area (Å²) in [6.07, 6.45) is 6.36. The molecule has 1 saturated carbocycles. The topological polar surface area (TPSA) is 18.5 Å². The van der Waals surface area contributed by atoms with E-state index >= 15 is 0 Å². The van der Waals surface area contributed by atoms with E-state index in [-0.39, 0.29) is 0 Å². The Hall–Kier alpha value is 0.570. The van der Waals surface area contributed by atoms with Crippen LogP contribution < -0.4 is 0 Å². The first-order valence-corrected chi connectivity index (χ1v) is 10.2. The zero-order chi connectivity index (χ0) is 13.2. The van der Waals surface area contributed by atoms with Gasteiger partial charge < -0.3 is 9.05 Å². The fraction of sp³-hybridized carbons (Fsp3) is 1.00. The van der Waals surface area contributed by atoms with Gasteiger partial charge in [-0.25, -0.2) is 0 Å². The fourth-order valence-corrected chi connectivity index (χ4v) is 4.88. The van der Waals surface area contributed by atoms with Crippen LogP contribution in [0.25, 0.3) is 0 Å². The van der Waals surface area contributed by atoms with E-state index in [1.807, 2.05) is 0 Å². The summed E-state index contributed by atoms with van der Waals surface area (Å²) in [5, 5.41) is 0. The van der Waals surface area contributed by atoms with Crippen molar-refractivity contribution >= 4 is 18.3 Å². The molecule has 0 aromatic rings. The van der Waals surface area contributed by atoms with Crippen LogP contribution in [-0.2, 0) is 20.9 Å². The van der Waals surface area contributed by atoms with E-state index in [4.69, 9.17) is 20.9 Å². The van der Waals surface area contributed by atoms with E-state index in [0.29, 0.717) is 5.92 Å². The maximum Gasteiger partial charge on any atom is 0.188 e. The van der Waals surface area contributed by atoms with Gasteiger partial charge in [0.15, 0.2) is 6.49 Å². The Bertz CT molecular complexity index is 299. The van der Waals surface area contributed by atoms with Crippen LogP contribution in [0.5, 0.6) is 0 Å². The second-order valence-electron chi connectivity index (χ2n) is 6.20. The van der Waals surface area contributed by atoms with E-state index in [1.165, 1.54) is 25.7 Å². The second-order valence-corrected chi connectivity index (χ2v) is 10.2. The third-order valence-corrected chi connectivity index (χ3v) is 8.05. The Kier molecular flexibility index (Phi) is 5.28. The Morgan fingerprint density at radius 1 is 1.06 bits per heavy atom. The molecule has 0 amide bonds. The minimum atomic E-state index is -1.88. The van der Waals surface area contributed by atoms with Crippen LogP contribution in [0.1, 0.15) is 46.5 Å². The summed E-state index contributed by atoms with van der Waals surface area (Å²) in [6.45, 7) is 6.61. The number of rotatable bonds is 3. The Morgan fingerprint density at radius 2 is 1.61 bits per heavy atom. The van der Waals surface area contributed by atoms with Gasteiger partial charge in [-0.2, -0.15) is 0 Å². The number of hydrogen-bond donors (Lipinski definition) is 0. The van der Waals surface area contributed by atoms with Crippen molar-refractivity contribution in [1.29, 1.82) is 0 Å². The fourth-order valence-electron chi connectivity index (χ4n) is 3.24. The lowest BCUT2D eigenvalue weighted by atomic mass is 9.73. The van der Waals surface area contributed by atoms with Crippen molar-refractivity contribution in [3.8, 4) is 0 Å². The Morgan fingerprint density at radius 3 is 2.06 bits per heavy atom. The van der Waals surface area contributed by atoms with Gasteiger partial charge in [0.1, 0.15) is 0 Å². The molecule has 0 unspecified atom stereocenters. The van der Waals surface area contributed by atoms with E-state index in [0.717, 1.165) is 37.1 Å². The zero-order valence-electron chi connectivity index (χ0n) is 11.9. The minimum Gasteiger partial charge on any atom is -0.329 e. The molecule has 0 bridgehead atoms. The van der Waals surface area contributed by atoms with Gasteiger partial charge >= 0.3 is 0 Å². The summed E-state index contributed by atoms with van der Waals surface area (Å²) in [7, 11) is 0. The third kappa shape index (κ3) is 3.56. The summed E-state index contributed by atoms with van der Waals surface area (Å²) in [6, 6.07) is 0. The largest absolute Gasteiger partial charge is 0.329 e. The lowest BCUT2D eigenvalue weighted by Crippen LogP contribution is -2.32. The summed E-state index contributed by atoms with van der Waals surface area (Å²) in [5.41, 5.74) is 0. The van der Waals surface area contributed by atoms with Gasteiger partial charge in [-0.05, 0) is 55.2 Å². The van der Waals surface area contributed by atoms with Crippen LogP contribution in [0.15, 0.2) is 0 Å². The molecule has 0 aromatic carbocycles. The lowest BCUT2D eigenvalue weighted by molar-refractivity contribution is 0.0557. The molecule has 0 spiro atoms. The van der Waals surface area contributed by atoms with Crippen LogP contribution in [0.3, 0.4) is 0 Å². The van der Waals surface area contributed by atoms with Gasteiger partial charge in [0, 0.05) is 12.1 Å². The van der Waals surface area contributed by atoms with E-state index in [1.54, 1.807) is 0 Å². The molecular weight excluding hydrogens is 263 g/mol. The molecule has 2 rings (SSSR count). The van der Waals surface area contributed by atoms with Crippen molar-refractivity contribution in [2.24, 2.45) is 23.7 Å². The first-order chi connectivity index (χ1) is 8.54. The highest BCUT2D eigenvalue weighted by Gasteiger charge is 2.34. The maximum absolute atomic E-state index is 5.86. The highest BCUT2D eigenvalue weighted by Crippen LogP contribution is 2.53. The minimum absolute atomic E-state index is 0.598. The molecule has 2 aliphatic rings. The molecule has 1 aliphatic carbocycles. The van der Waals surface area contributed by atoms with Crippen LogP contribution >= 0.6 is 6.49 Å². The number of hydrogen-bond acceptors (Lipinski definition) is 3. The maximum atomic E-state index is 5.86. The lowest BCUT2D eigenvalue weighted by Gasteiger charge is -2.39. The van der Waals surface area contributed by atoms with Crippen LogP contribution in [-0.4, -0.2) is 19.4 Å². The first kappa shape index (κ1) is 15.0. The molecule has 1 aliphatic heterocycles. The SMILES string of the molecule is CCP1(=S)OCC(C2CCC(C(C)C)CC2)CO1. The highest BCUT2D eigenvalue weighted by atomic mass is 32.5. The summed E-state index contributed by atoms with van der Waals surface area (Å²) in [5.74, 6) is 3.19. The predicted octanol–water partition coefficient (Wildman–Crippen LogP) is 4.44. The smallest absolute Gasteiger partial charge is 0.188 e. The average Bonchev–Trinajstić information content (AvgIpc) is 2.40. The molecule has 18 heavy (non-hydrogen) atoms. The average molecular weight is 290 g/mol. The normalized spacial score (nSPS) is 42.1. The molecule has 0 atom stereocenters. The highest BCUT2D eigenvalue weighted by molar-refractivity contribution is 8.09. The Balaban J connectivity index is 1.80. The van der Waals surface area contributed by atoms with E-state index in [9.17, 15) is 0 Å². The van der Waals surface area contributed by atoms with Gasteiger partial charge in [0.05, 0.1) is 13.2 Å². The third-order valence-electron chi connectivity index (χ3n) is 4.78. The van der Waals surface area contributed by atoms with Crippen LogP contribution in [0.2, 0.25) is 0 Å². The molecule has 106 valence electrons. The van der Waals surface area contributed by atoms with Crippen molar-refractivity contribution in [3.05, 3.63) is 0 Å². The standard InChI is InChI=1S/C14H27O2PS/c1-4-17(18)15-9-14(10-16-17)13-7-5-12(6-8-13)11(2)3/h11-14H,4-10H2,1-3H3. The molecule has 2 nitrogen and oxygen atoms in total. The van der Waals surface area contributed by atoms with Gasteiger partial charge in [0.2, 0.25) is 0 Å². The van der Waals surface area contributed by atoms with Crippen molar-refractivity contribution in [2.45, 2.75) is 46.5 Å². The van der Waals surface area contributed by atoms with Gasteiger partial charge in [0.25, 0.3) is 0 Å². The van der Waals surface area contributed by atoms with Crippen molar-refractivity contribution in [3.63, 3.8) is 0 Å². The predicted molar refractivity (Wildman–Crippen MR) is 80.5 cm³/mol. The second kappa shape index (κ2) is 6.35. The molecular formula is C14H27O2PS. The molecule has 1 saturated heterocycles. The summed E-state index contributed by atoms with van der Waals surface area (Å²) < 4.78 is 11.7. The Labute approximate surface area is 117 Å². The molecule has 1 heterocycles. The molecule has 4 heteroatoms. The summed E-state index contributed by atoms with van der Waals surface area (Å²) in [4.78, 5) is 0. The van der Waals surface area contributed by atoms with Gasteiger partial charge in [-0.1, -0.05) is 20.8 Å². The monoisotopic (exact) mass is 290 g/mol. The van der Waals surface area contributed by atoms with Crippen molar-refractivity contribution in [2.75, 3.05) is 19.4 Å².